The predicted molar refractivity (Wildman–Crippen MR) is 156 cm³/mol. The van der Waals surface area contributed by atoms with E-state index in [2.05, 4.69) is 0 Å². The number of carbonyl (C=O) groups is 3. The van der Waals surface area contributed by atoms with Crippen LogP contribution in [0.15, 0.2) is 0 Å². The lowest BCUT2D eigenvalue weighted by molar-refractivity contribution is -0.150. The van der Waals surface area contributed by atoms with E-state index in [1.54, 1.807) is 0 Å². The highest BCUT2D eigenvalue weighted by Gasteiger charge is 2.27. The Morgan fingerprint density at radius 3 is 1.71 bits per heavy atom. The van der Waals surface area contributed by atoms with E-state index in [1.165, 1.54) is 0 Å². The molecule has 0 aromatic carbocycles. The fourth-order valence-corrected chi connectivity index (χ4v) is 5.59. The van der Waals surface area contributed by atoms with Crippen molar-refractivity contribution in [3.63, 3.8) is 0 Å². The quantitative estimate of drug-likeness (QED) is 0.0887. The van der Waals surface area contributed by atoms with Gasteiger partial charge in [-0.15, -0.1) is 0 Å². The summed E-state index contributed by atoms with van der Waals surface area (Å²) in [4.78, 5) is 34.4. The molecular formula is C26H48O9S3. The van der Waals surface area contributed by atoms with Gasteiger partial charge in [-0.05, 0) is 61.5 Å². The fraction of sp³-hybridized carbons (Fsp3) is 0.885. The van der Waals surface area contributed by atoms with Gasteiger partial charge in [0.1, 0.15) is 6.61 Å². The molecule has 0 spiro atoms. The third-order valence-corrected chi connectivity index (χ3v) is 8.39. The summed E-state index contributed by atoms with van der Waals surface area (Å²) in [6.45, 7) is 4.60. The first-order valence-corrected chi connectivity index (χ1v) is 16.7. The number of esters is 1. The molecule has 0 radical (unpaired) electrons. The molecule has 3 N–H and O–H groups in total. The minimum absolute atomic E-state index is 0.0515. The van der Waals surface area contributed by atoms with Crippen molar-refractivity contribution in [2.45, 2.75) is 64.7 Å². The average molecular weight is 601 g/mol. The molecule has 0 saturated carbocycles. The van der Waals surface area contributed by atoms with Crippen molar-refractivity contribution in [1.29, 1.82) is 0 Å². The van der Waals surface area contributed by atoms with Crippen molar-refractivity contribution in [2.75, 3.05) is 75.0 Å². The molecule has 0 amide bonds. The Bertz CT molecular complexity index is 587. The number of aliphatic carboxylic acids is 1. The van der Waals surface area contributed by atoms with Gasteiger partial charge in [-0.25, -0.2) is 0 Å². The van der Waals surface area contributed by atoms with Crippen LogP contribution in [0, 0.1) is 5.41 Å². The second-order valence-electron chi connectivity index (χ2n) is 9.23. The molecule has 0 bridgehead atoms. The number of rotatable bonds is 28. The normalized spacial score (nSPS) is 11.6. The number of aliphatic hydroxyl groups excluding tert-OH is 2. The van der Waals surface area contributed by atoms with E-state index in [4.69, 9.17) is 29.5 Å². The van der Waals surface area contributed by atoms with E-state index in [0.717, 1.165) is 73.3 Å². The lowest BCUT2D eigenvalue weighted by atomic mass is 9.94. The Labute approximate surface area is 240 Å². The molecule has 0 fully saturated rings. The van der Waals surface area contributed by atoms with Gasteiger partial charge >= 0.3 is 11.9 Å². The lowest BCUT2D eigenvalue weighted by Gasteiger charge is -2.28. The zero-order chi connectivity index (χ0) is 28.3. The number of aliphatic hydroxyl groups is 2. The van der Waals surface area contributed by atoms with Crippen LogP contribution < -0.4 is 0 Å². The smallest absolute Gasteiger partial charge is 0.306 e. The molecule has 0 heterocycles. The minimum atomic E-state index is -1.02. The highest BCUT2D eigenvalue weighted by Crippen LogP contribution is 2.20. The third kappa shape index (κ3) is 25.8. The molecule has 9 nitrogen and oxygen atoms in total. The van der Waals surface area contributed by atoms with Gasteiger partial charge in [-0.2, -0.15) is 23.5 Å². The second-order valence-corrected chi connectivity index (χ2v) is 12.8. The highest BCUT2D eigenvalue weighted by atomic mass is 32.2. The molecule has 0 atom stereocenters. The van der Waals surface area contributed by atoms with Crippen LogP contribution in [0.5, 0.6) is 0 Å². The van der Waals surface area contributed by atoms with Gasteiger partial charge in [0, 0.05) is 44.0 Å². The number of unbranched alkanes of at least 4 members (excludes halogenated alkanes) is 2. The maximum absolute atomic E-state index is 12.2. The van der Waals surface area contributed by atoms with Gasteiger partial charge in [-0.1, -0.05) is 18.7 Å². The second kappa shape index (κ2) is 26.7. The van der Waals surface area contributed by atoms with Crippen LogP contribution in [-0.4, -0.2) is 107 Å². The molecule has 0 aromatic heterocycles. The zero-order valence-electron chi connectivity index (χ0n) is 22.9. The van der Waals surface area contributed by atoms with Gasteiger partial charge in [0.25, 0.3) is 0 Å². The topological polar surface area (TPSA) is 140 Å². The summed E-state index contributed by atoms with van der Waals surface area (Å²) in [5.74, 6) is 2.88. The minimum Gasteiger partial charge on any atom is -0.481 e. The first kappa shape index (κ1) is 37.5. The molecule has 38 heavy (non-hydrogen) atoms. The summed E-state index contributed by atoms with van der Waals surface area (Å²) in [6.07, 6.45) is 5.34. The van der Waals surface area contributed by atoms with Gasteiger partial charge in [0.2, 0.25) is 0 Å². The molecule has 0 aliphatic heterocycles. The van der Waals surface area contributed by atoms with Gasteiger partial charge < -0.3 is 29.5 Å². The van der Waals surface area contributed by atoms with E-state index in [1.807, 2.05) is 30.4 Å². The Morgan fingerprint density at radius 2 is 1.21 bits per heavy atom. The molecule has 0 unspecified atom stereocenters. The SMILES string of the molecule is CC(COCCCSCCCCO)(COCCCSCCCCO)COC(=O)CCSC(=O)CCC(=O)O. The summed E-state index contributed by atoms with van der Waals surface area (Å²) in [5.41, 5.74) is -0.497. The molecule has 0 aromatic rings. The lowest BCUT2D eigenvalue weighted by Crippen LogP contribution is -2.35. The Kier molecular flexibility index (Phi) is 26.4. The van der Waals surface area contributed by atoms with Crippen molar-refractivity contribution in [3.8, 4) is 0 Å². The standard InChI is InChI=1S/C26H48O9S3/c1-26(20-33-13-6-17-36-15-4-2-11-27,21-34-14-7-18-37-16-5-3-12-28)22-35-24(31)10-19-38-25(32)9-8-23(29)30/h27-28H,2-22H2,1H3,(H,29,30). The fourth-order valence-electron chi connectivity index (χ4n) is 2.98. The first-order chi connectivity index (χ1) is 18.3. The summed E-state index contributed by atoms with van der Waals surface area (Å²) in [7, 11) is 0. The van der Waals surface area contributed by atoms with Crippen LogP contribution in [0.2, 0.25) is 0 Å². The third-order valence-electron chi connectivity index (χ3n) is 5.14. The van der Waals surface area contributed by atoms with E-state index in [-0.39, 0.29) is 50.0 Å². The van der Waals surface area contributed by atoms with Crippen molar-refractivity contribution in [2.24, 2.45) is 5.41 Å². The maximum atomic E-state index is 12.2. The van der Waals surface area contributed by atoms with Crippen molar-refractivity contribution >= 4 is 52.3 Å². The Balaban J connectivity index is 4.34. The van der Waals surface area contributed by atoms with Crippen LogP contribution in [0.1, 0.15) is 64.7 Å². The van der Waals surface area contributed by atoms with Crippen LogP contribution >= 0.6 is 35.3 Å². The number of carboxylic acids is 1. The van der Waals surface area contributed by atoms with Gasteiger partial charge in [0.05, 0.1) is 26.1 Å². The predicted octanol–water partition coefficient (Wildman–Crippen LogP) is 3.88. The number of carbonyl (C=O) groups excluding carboxylic acids is 2. The van der Waals surface area contributed by atoms with Crippen LogP contribution in [0.4, 0.5) is 0 Å². The molecule has 0 aliphatic rings. The summed E-state index contributed by atoms with van der Waals surface area (Å²) >= 11 is 4.66. The number of carboxylic acid groups (broad SMARTS) is 1. The van der Waals surface area contributed by atoms with E-state index in [9.17, 15) is 14.4 Å². The number of ether oxygens (including phenoxy) is 3. The van der Waals surface area contributed by atoms with Crippen molar-refractivity contribution in [3.05, 3.63) is 0 Å². The Hall–Kier alpha value is -0.500. The zero-order valence-corrected chi connectivity index (χ0v) is 25.3. The van der Waals surface area contributed by atoms with E-state index >= 15 is 0 Å². The summed E-state index contributed by atoms with van der Waals surface area (Å²) in [5, 5.41) is 26.0. The summed E-state index contributed by atoms with van der Waals surface area (Å²) < 4.78 is 17.3. The molecule has 0 saturated heterocycles. The average Bonchev–Trinajstić information content (AvgIpc) is 2.89. The molecule has 0 rings (SSSR count). The number of thioether (sulfide) groups is 3. The molecule has 12 heteroatoms. The monoisotopic (exact) mass is 600 g/mol. The van der Waals surface area contributed by atoms with Crippen molar-refractivity contribution in [1.82, 2.24) is 0 Å². The van der Waals surface area contributed by atoms with Crippen LogP contribution in [0.25, 0.3) is 0 Å². The van der Waals surface area contributed by atoms with Gasteiger partial charge in [0.15, 0.2) is 5.12 Å². The van der Waals surface area contributed by atoms with Gasteiger partial charge in [-0.3, -0.25) is 14.4 Å². The Morgan fingerprint density at radius 1 is 0.684 bits per heavy atom. The largest absolute Gasteiger partial charge is 0.481 e. The maximum Gasteiger partial charge on any atom is 0.306 e. The highest BCUT2D eigenvalue weighted by molar-refractivity contribution is 8.13. The summed E-state index contributed by atoms with van der Waals surface area (Å²) in [6, 6.07) is 0. The van der Waals surface area contributed by atoms with Crippen LogP contribution in [-0.2, 0) is 28.6 Å². The molecule has 224 valence electrons. The molecule has 0 aliphatic carbocycles. The van der Waals surface area contributed by atoms with E-state index in [0.29, 0.717) is 26.4 Å². The van der Waals surface area contributed by atoms with Crippen LogP contribution in [0.3, 0.4) is 0 Å². The number of hydrogen-bond acceptors (Lipinski definition) is 11. The van der Waals surface area contributed by atoms with Crippen molar-refractivity contribution < 1.29 is 43.9 Å². The molecular weight excluding hydrogens is 552 g/mol. The number of hydrogen-bond donors (Lipinski definition) is 3. The van der Waals surface area contributed by atoms with E-state index < -0.39 is 17.4 Å². The first-order valence-electron chi connectivity index (χ1n) is 13.4.